The lowest BCUT2D eigenvalue weighted by molar-refractivity contribution is 0.0946. The van der Waals surface area contributed by atoms with E-state index in [2.05, 4.69) is 26.7 Å². The molecule has 3 aromatic rings. The zero-order chi connectivity index (χ0) is 16.7. The number of fused-ring (bicyclic) bond motifs is 2. The average Bonchev–Trinajstić information content (AvgIpc) is 3.25. The minimum Gasteiger partial charge on any atom is -0.345 e. The first kappa shape index (κ1) is 14.5. The molecule has 24 heavy (non-hydrogen) atoms. The van der Waals surface area contributed by atoms with Crippen molar-refractivity contribution >= 4 is 23.2 Å². The quantitative estimate of drug-likeness (QED) is 0.702. The van der Waals surface area contributed by atoms with Crippen LogP contribution in [0.4, 0.5) is 0 Å². The molecule has 4 rings (SSSR count). The number of nitriles is 1. The topological polar surface area (TPSA) is 102 Å². The van der Waals surface area contributed by atoms with Crippen LogP contribution >= 0.6 is 11.6 Å². The molecular weight excluding hydrogens is 330 g/mol. The summed E-state index contributed by atoms with van der Waals surface area (Å²) >= 11 is 5.93. The molecule has 0 atom stereocenters. The minimum atomic E-state index is -0.290. The summed E-state index contributed by atoms with van der Waals surface area (Å²) in [5.74, 6) is -0.290. The molecule has 3 aromatic heterocycles. The summed E-state index contributed by atoms with van der Waals surface area (Å²) in [6, 6.07) is 3.47. The van der Waals surface area contributed by atoms with Crippen LogP contribution in [-0.4, -0.2) is 30.4 Å². The van der Waals surface area contributed by atoms with Gasteiger partial charge >= 0.3 is 0 Å². The van der Waals surface area contributed by atoms with Gasteiger partial charge < -0.3 is 14.6 Å². The lowest BCUT2D eigenvalue weighted by atomic mass is 10.2. The van der Waals surface area contributed by atoms with Crippen LogP contribution in [0, 0.1) is 11.5 Å². The Labute approximate surface area is 141 Å². The molecule has 0 fully saturated rings. The second-order valence-corrected chi connectivity index (χ2v) is 5.94. The fourth-order valence-corrected chi connectivity index (χ4v) is 2.91. The predicted octanol–water partition coefficient (Wildman–Crippen LogP) is 1.44. The van der Waals surface area contributed by atoms with Crippen LogP contribution in [0.3, 0.4) is 0 Å². The molecular formula is C15H12ClN7O. The van der Waals surface area contributed by atoms with Crippen LogP contribution in [0.1, 0.15) is 27.4 Å². The molecule has 4 heterocycles. The van der Waals surface area contributed by atoms with Gasteiger partial charge in [0.25, 0.3) is 5.91 Å². The highest BCUT2D eigenvalue weighted by atomic mass is 35.5. The van der Waals surface area contributed by atoms with Crippen LogP contribution in [0.5, 0.6) is 0 Å². The largest absolute Gasteiger partial charge is 0.345 e. The van der Waals surface area contributed by atoms with Gasteiger partial charge in [-0.05, 0) is 12.1 Å². The van der Waals surface area contributed by atoms with Gasteiger partial charge in [-0.3, -0.25) is 9.89 Å². The first-order chi connectivity index (χ1) is 11.6. The summed E-state index contributed by atoms with van der Waals surface area (Å²) in [6.07, 6.45) is 5.43. The van der Waals surface area contributed by atoms with E-state index in [0.717, 1.165) is 17.0 Å². The normalized spacial score (nSPS) is 13.1. The molecule has 1 aliphatic heterocycles. The first-order valence-corrected chi connectivity index (χ1v) is 7.64. The van der Waals surface area contributed by atoms with Crippen LogP contribution in [-0.2, 0) is 19.6 Å². The first-order valence-electron chi connectivity index (χ1n) is 7.26. The van der Waals surface area contributed by atoms with Crippen molar-refractivity contribution in [2.45, 2.75) is 19.6 Å². The summed E-state index contributed by atoms with van der Waals surface area (Å²) in [6.45, 7) is 1.32. The predicted molar refractivity (Wildman–Crippen MR) is 84.8 cm³/mol. The van der Waals surface area contributed by atoms with E-state index in [0.29, 0.717) is 29.5 Å². The molecule has 0 radical (unpaired) electrons. The molecule has 2 N–H and O–H groups in total. The molecule has 0 spiro atoms. The summed E-state index contributed by atoms with van der Waals surface area (Å²) in [5.41, 5.74) is 3.59. The van der Waals surface area contributed by atoms with Crippen molar-refractivity contribution in [1.82, 2.24) is 29.8 Å². The van der Waals surface area contributed by atoms with E-state index < -0.39 is 0 Å². The molecule has 0 aromatic carbocycles. The Balaban J connectivity index is 1.48. The number of amides is 1. The maximum absolute atomic E-state index is 12.3. The SMILES string of the molecule is N#CN1Cc2[nH]nc(CNC(=O)c3cn4cc(Cl)ccc4n3)c2C1. The van der Waals surface area contributed by atoms with Crippen molar-refractivity contribution in [3.63, 3.8) is 0 Å². The monoisotopic (exact) mass is 341 g/mol. The lowest BCUT2D eigenvalue weighted by Gasteiger charge is -2.05. The highest BCUT2D eigenvalue weighted by molar-refractivity contribution is 6.30. The summed E-state index contributed by atoms with van der Waals surface area (Å²) in [4.78, 5) is 18.2. The van der Waals surface area contributed by atoms with E-state index in [9.17, 15) is 4.79 Å². The number of halogens is 1. The zero-order valence-corrected chi connectivity index (χ0v) is 13.2. The maximum atomic E-state index is 12.3. The third kappa shape index (κ3) is 2.45. The van der Waals surface area contributed by atoms with Crippen LogP contribution < -0.4 is 5.32 Å². The molecule has 9 heteroatoms. The summed E-state index contributed by atoms with van der Waals surface area (Å²) in [7, 11) is 0. The van der Waals surface area contributed by atoms with Gasteiger partial charge in [0.05, 0.1) is 36.0 Å². The lowest BCUT2D eigenvalue weighted by Crippen LogP contribution is -2.24. The van der Waals surface area contributed by atoms with Crippen molar-refractivity contribution in [2.75, 3.05) is 0 Å². The number of nitrogens with one attached hydrogen (secondary N) is 2. The number of hydrogen-bond donors (Lipinski definition) is 2. The number of pyridine rings is 1. The van der Waals surface area contributed by atoms with Gasteiger partial charge in [0.2, 0.25) is 0 Å². The Kier molecular flexibility index (Phi) is 3.36. The molecule has 0 saturated carbocycles. The van der Waals surface area contributed by atoms with Crippen molar-refractivity contribution in [3.8, 4) is 6.19 Å². The number of carbonyl (C=O) groups is 1. The van der Waals surface area contributed by atoms with Crippen LogP contribution in [0.2, 0.25) is 5.02 Å². The standard InChI is InChI=1S/C15H12ClN7O/c16-9-1-2-14-19-13(7-23(14)4-9)15(24)18-3-11-10-5-22(8-17)6-12(10)21-20-11/h1-2,4,7H,3,5-6H2,(H,18,24)(H,20,21). The van der Waals surface area contributed by atoms with E-state index in [1.165, 1.54) is 0 Å². The number of carbonyl (C=O) groups excluding carboxylic acids is 1. The summed E-state index contributed by atoms with van der Waals surface area (Å²) in [5, 5.41) is 19.5. The molecule has 0 saturated heterocycles. The fourth-order valence-electron chi connectivity index (χ4n) is 2.74. The summed E-state index contributed by atoms with van der Waals surface area (Å²) < 4.78 is 1.70. The third-order valence-electron chi connectivity index (χ3n) is 3.94. The third-order valence-corrected chi connectivity index (χ3v) is 4.17. The smallest absolute Gasteiger partial charge is 0.271 e. The minimum absolute atomic E-state index is 0.276. The Bertz CT molecular complexity index is 984. The number of aromatic amines is 1. The molecule has 1 aliphatic rings. The Hall–Kier alpha value is -3.05. The highest BCUT2D eigenvalue weighted by Gasteiger charge is 2.24. The number of aromatic nitrogens is 4. The van der Waals surface area contributed by atoms with Gasteiger partial charge in [0.1, 0.15) is 11.3 Å². The Morgan fingerprint density at radius 1 is 1.42 bits per heavy atom. The van der Waals surface area contributed by atoms with E-state index in [1.807, 2.05) is 0 Å². The average molecular weight is 342 g/mol. The Morgan fingerprint density at radius 3 is 3.12 bits per heavy atom. The van der Waals surface area contributed by atoms with Gasteiger partial charge in [-0.25, -0.2) is 4.98 Å². The van der Waals surface area contributed by atoms with Gasteiger partial charge in [-0.1, -0.05) is 11.6 Å². The number of imidazole rings is 1. The molecule has 1 amide bonds. The number of rotatable bonds is 3. The number of H-pyrrole nitrogens is 1. The molecule has 0 bridgehead atoms. The fraction of sp³-hybridized carbons (Fsp3) is 0.200. The van der Waals surface area contributed by atoms with Crippen molar-refractivity contribution in [1.29, 1.82) is 5.26 Å². The molecule has 120 valence electrons. The van der Waals surface area contributed by atoms with Crippen molar-refractivity contribution in [3.05, 3.63) is 52.2 Å². The number of hydrogen-bond acceptors (Lipinski definition) is 5. The highest BCUT2D eigenvalue weighted by Crippen LogP contribution is 2.22. The van der Waals surface area contributed by atoms with E-state index in [1.54, 1.807) is 33.8 Å². The Morgan fingerprint density at radius 2 is 2.29 bits per heavy atom. The zero-order valence-electron chi connectivity index (χ0n) is 12.5. The second kappa shape index (κ2) is 5.54. The molecule has 0 unspecified atom stereocenters. The second-order valence-electron chi connectivity index (χ2n) is 5.51. The van der Waals surface area contributed by atoms with Crippen LogP contribution in [0.25, 0.3) is 5.65 Å². The van der Waals surface area contributed by atoms with E-state index in [-0.39, 0.29) is 12.5 Å². The molecule has 8 nitrogen and oxygen atoms in total. The van der Waals surface area contributed by atoms with Gasteiger partial charge in [-0.2, -0.15) is 10.4 Å². The van der Waals surface area contributed by atoms with Gasteiger partial charge in [-0.15, -0.1) is 0 Å². The van der Waals surface area contributed by atoms with E-state index in [4.69, 9.17) is 16.9 Å². The van der Waals surface area contributed by atoms with Gasteiger partial charge in [0.15, 0.2) is 6.19 Å². The maximum Gasteiger partial charge on any atom is 0.271 e. The number of nitrogens with zero attached hydrogens (tertiary/aromatic N) is 5. The van der Waals surface area contributed by atoms with Crippen molar-refractivity contribution in [2.24, 2.45) is 0 Å². The van der Waals surface area contributed by atoms with E-state index >= 15 is 0 Å². The van der Waals surface area contributed by atoms with Gasteiger partial charge in [0, 0.05) is 18.0 Å². The van der Waals surface area contributed by atoms with Crippen LogP contribution in [0.15, 0.2) is 24.5 Å². The van der Waals surface area contributed by atoms with Crippen molar-refractivity contribution < 1.29 is 4.79 Å². The molecule has 0 aliphatic carbocycles.